The minimum Gasteiger partial charge on any atom is -0.481 e. The topological polar surface area (TPSA) is 73.7 Å². The van der Waals surface area contributed by atoms with Crippen molar-refractivity contribution in [2.75, 3.05) is 27.2 Å². The maximum Gasteiger partial charge on any atom is 0.303 e. The zero-order valence-corrected chi connectivity index (χ0v) is 15.3. The largest absolute Gasteiger partial charge is 0.481 e. The number of pyridine rings is 1. The lowest BCUT2D eigenvalue weighted by Gasteiger charge is -2.39. The number of hydrogen-bond acceptors (Lipinski definition) is 4. The van der Waals surface area contributed by atoms with E-state index in [9.17, 15) is 9.59 Å². The lowest BCUT2D eigenvalue weighted by molar-refractivity contribution is -0.138. The molecule has 1 aromatic heterocycles. The number of carboxylic acids is 1. The number of hydrogen-bond donors (Lipinski definition) is 1. The molecule has 1 amide bonds. The molecule has 1 aliphatic heterocycles. The number of nitrogens with zero attached hydrogens (tertiary/aromatic N) is 3. The summed E-state index contributed by atoms with van der Waals surface area (Å²) in [6, 6.07) is 6.02. The molecule has 6 heteroatoms. The van der Waals surface area contributed by atoms with E-state index >= 15 is 0 Å². The average Bonchev–Trinajstić information content (AvgIpc) is 2.66. The molecule has 1 aliphatic rings. The Hall–Kier alpha value is -1.95. The molecule has 6 nitrogen and oxygen atoms in total. The Morgan fingerprint density at radius 3 is 2.72 bits per heavy atom. The molecule has 0 spiro atoms. The molecule has 0 aliphatic carbocycles. The zero-order chi connectivity index (χ0) is 18.3. The van der Waals surface area contributed by atoms with Gasteiger partial charge in [-0.05, 0) is 58.3 Å². The van der Waals surface area contributed by atoms with Crippen LogP contribution >= 0.6 is 0 Å². The van der Waals surface area contributed by atoms with Crippen LogP contribution in [0.15, 0.2) is 24.4 Å². The highest BCUT2D eigenvalue weighted by atomic mass is 16.4. The highest BCUT2D eigenvalue weighted by Crippen LogP contribution is 2.36. The molecule has 0 radical (unpaired) electrons. The molecule has 2 heterocycles. The van der Waals surface area contributed by atoms with E-state index in [-0.39, 0.29) is 17.9 Å². The van der Waals surface area contributed by atoms with Crippen LogP contribution in [-0.4, -0.2) is 59.0 Å². The van der Waals surface area contributed by atoms with Crippen molar-refractivity contribution in [2.24, 2.45) is 0 Å². The molecule has 0 unspecified atom stereocenters. The Bertz CT molecular complexity index is 577. The molecule has 1 aromatic rings. The Labute approximate surface area is 149 Å². The minimum atomic E-state index is -0.807. The predicted octanol–water partition coefficient (Wildman–Crippen LogP) is 2.50. The van der Waals surface area contributed by atoms with Crippen molar-refractivity contribution in [3.8, 4) is 0 Å². The van der Waals surface area contributed by atoms with Crippen molar-refractivity contribution in [2.45, 2.75) is 50.5 Å². The first kappa shape index (κ1) is 19.4. The third-order valence-electron chi connectivity index (χ3n) is 5.17. The van der Waals surface area contributed by atoms with Gasteiger partial charge in [0.05, 0.1) is 11.2 Å². The summed E-state index contributed by atoms with van der Waals surface area (Å²) in [5.74, 6) is -0.667. The van der Waals surface area contributed by atoms with E-state index in [0.717, 1.165) is 31.4 Å². The molecule has 0 saturated carbocycles. The Morgan fingerprint density at radius 1 is 1.32 bits per heavy atom. The van der Waals surface area contributed by atoms with Gasteiger partial charge >= 0.3 is 5.97 Å². The number of carbonyl (C=O) groups is 2. The number of amides is 1. The highest BCUT2D eigenvalue weighted by molar-refractivity contribution is 5.76. The first-order chi connectivity index (χ1) is 12.0. The summed E-state index contributed by atoms with van der Waals surface area (Å²) in [5, 5.41) is 8.79. The zero-order valence-electron chi connectivity index (χ0n) is 15.3. The van der Waals surface area contributed by atoms with Crippen LogP contribution in [0.4, 0.5) is 0 Å². The first-order valence-electron chi connectivity index (χ1n) is 9.04. The maximum atomic E-state index is 12.5. The summed E-state index contributed by atoms with van der Waals surface area (Å²) < 4.78 is 0. The van der Waals surface area contributed by atoms with E-state index in [4.69, 9.17) is 5.11 Å². The van der Waals surface area contributed by atoms with Gasteiger partial charge in [-0.25, -0.2) is 0 Å². The van der Waals surface area contributed by atoms with E-state index in [1.54, 1.807) is 0 Å². The van der Waals surface area contributed by atoms with Crippen molar-refractivity contribution in [3.05, 3.63) is 30.1 Å². The van der Waals surface area contributed by atoms with Crippen LogP contribution < -0.4 is 0 Å². The summed E-state index contributed by atoms with van der Waals surface area (Å²) >= 11 is 0. The van der Waals surface area contributed by atoms with Gasteiger partial charge < -0.3 is 10.0 Å². The minimum absolute atomic E-state index is 0.110. The van der Waals surface area contributed by atoms with Gasteiger partial charge in [-0.2, -0.15) is 0 Å². The van der Waals surface area contributed by atoms with Crippen molar-refractivity contribution < 1.29 is 14.7 Å². The molecule has 1 N–H and O–H groups in total. The molecular formula is C19H29N3O3. The van der Waals surface area contributed by atoms with Crippen molar-refractivity contribution in [1.82, 2.24) is 14.8 Å². The maximum absolute atomic E-state index is 12.5. The molecule has 25 heavy (non-hydrogen) atoms. The van der Waals surface area contributed by atoms with Crippen molar-refractivity contribution >= 4 is 11.9 Å². The fourth-order valence-corrected chi connectivity index (χ4v) is 3.73. The summed E-state index contributed by atoms with van der Waals surface area (Å²) in [7, 11) is 4.16. The first-order valence-corrected chi connectivity index (χ1v) is 9.04. The highest BCUT2D eigenvalue weighted by Gasteiger charge is 2.36. The van der Waals surface area contributed by atoms with E-state index < -0.39 is 5.97 Å². The molecule has 1 fully saturated rings. The number of aliphatic carboxylic acids is 1. The van der Waals surface area contributed by atoms with E-state index in [1.165, 1.54) is 0 Å². The Balaban J connectivity index is 2.11. The number of carbonyl (C=O) groups excluding carboxylic acids is 1. The van der Waals surface area contributed by atoms with Crippen LogP contribution in [0, 0.1) is 0 Å². The van der Waals surface area contributed by atoms with E-state index in [2.05, 4.69) is 30.0 Å². The van der Waals surface area contributed by atoms with Gasteiger partial charge in [0.1, 0.15) is 0 Å². The smallest absolute Gasteiger partial charge is 0.303 e. The number of aromatic nitrogens is 1. The quantitative estimate of drug-likeness (QED) is 0.856. The molecule has 2 rings (SSSR count). The molecule has 1 saturated heterocycles. The van der Waals surface area contributed by atoms with Crippen LogP contribution in [-0.2, 0) is 15.1 Å². The van der Waals surface area contributed by atoms with Crippen LogP contribution in [0.2, 0.25) is 0 Å². The fraction of sp³-hybridized carbons (Fsp3) is 0.632. The molecular weight excluding hydrogens is 318 g/mol. The summed E-state index contributed by atoms with van der Waals surface area (Å²) in [4.78, 5) is 31.8. The number of carboxylic acid groups (broad SMARTS) is 1. The average molecular weight is 347 g/mol. The van der Waals surface area contributed by atoms with Gasteiger partial charge in [0.25, 0.3) is 0 Å². The van der Waals surface area contributed by atoms with Crippen molar-refractivity contribution in [3.63, 3.8) is 0 Å². The Morgan fingerprint density at radius 2 is 2.08 bits per heavy atom. The normalized spacial score (nSPS) is 22.4. The van der Waals surface area contributed by atoms with Gasteiger partial charge in [0, 0.05) is 32.1 Å². The molecule has 0 bridgehead atoms. The summed E-state index contributed by atoms with van der Waals surface area (Å²) in [6.45, 7) is 1.21. The lowest BCUT2D eigenvalue weighted by Crippen LogP contribution is -2.42. The van der Waals surface area contributed by atoms with Gasteiger partial charge in [-0.15, -0.1) is 0 Å². The lowest BCUT2D eigenvalue weighted by atomic mass is 9.83. The van der Waals surface area contributed by atoms with Gasteiger partial charge in [0.2, 0.25) is 5.91 Å². The molecule has 0 aromatic carbocycles. The van der Waals surface area contributed by atoms with Crippen molar-refractivity contribution in [1.29, 1.82) is 0 Å². The second-order valence-corrected chi connectivity index (χ2v) is 6.98. The van der Waals surface area contributed by atoms with Crippen LogP contribution in [0.1, 0.15) is 50.6 Å². The number of rotatable bonds is 6. The van der Waals surface area contributed by atoms with Gasteiger partial charge in [-0.1, -0.05) is 6.07 Å². The summed E-state index contributed by atoms with van der Waals surface area (Å²) in [6.07, 6.45) is 6.48. The van der Waals surface area contributed by atoms with Gasteiger partial charge in [0.15, 0.2) is 0 Å². The third kappa shape index (κ3) is 5.01. The monoisotopic (exact) mass is 347 g/mol. The SMILES string of the molecule is CN(C)[C@@]1(c2ccccn2)CCCC(=O)N(CCCC(=O)O)CCC1. The standard InChI is InChI=1S/C19H29N3O3/c1-21(2)19(16-8-3-4-13-20-16)11-5-9-17(23)22(15-7-12-19)14-6-10-18(24)25/h3-4,8,13H,5-7,9-12,14-15H2,1-2H3,(H,24,25)/t19-/m0/s1. The fourth-order valence-electron chi connectivity index (χ4n) is 3.73. The second kappa shape index (κ2) is 8.94. The van der Waals surface area contributed by atoms with Crippen LogP contribution in [0.5, 0.6) is 0 Å². The van der Waals surface area contributed by atoms with Crippen LogP contribution in [0.3, 0.4) is 0 Å². The molecule has 1 atom stereocenters. The second-order valence-electron chi connectivity index (χ2n) is 6.98. The van der Waals surface area contributed by atoms with Crippen LogP contribution in [0.25, 0.3) is 0 Å². The predicted molar refractivity (Wildman–Crippen MR) is 96.1 cm³/mol. The third-order valence-corrected chi connectivity index (χ3v) is 5.17. The van der Waals surface area contributed by atoms with E-state index in [1.807, 2.05) is 23.2 Å². The molecule has 138 valence electrons. The van der Waals surface area contributed by atoms with Gasteiger partial charge in [-0.3, -0.25) is 19.5 Å². The van der Waals surface area contributed by atoms with E-state index in [0.29, 0.717) is 25.9 Å². The summed E-state index contributed by atoms with van der Waals surface area (Å²) in [5.41, 5.74) is 0.908. The Kier molecular flexibility index (Phi) is 6.93.